The van der Waals surface area contributed by atoms with Crippen LogP contribution >= 0.6 is 11.9 Å². The molecular formula is C10H11N3O2S. The number of hydrogen-bond acceptors (Lipinski definition) is 4. The van der Waals surface area contributed by atoms with Crippen LogP contribution in [0.25, 0.3) is 11.0 Å². The summed E-state index contributed by atoms with van der Waals surface area (Å²) in [5.41, 5.74) is 2.25. The van der Waals surface area contributed by atoms with Crippen LogP contribution in [0.15, 0.2) is 6.07 Å². The fourth-order valence-electron chi connectivity index (χ4n) is 1.68. The van der Waals surface area contributed by atoms with Crippen molar-refractivity contribution < 1.29 is 9.90 Å². The zero-order valence-electron chi connectivity index (χ0n) is 9.18. The van der Waals surface area contributed by atoms with Gasteiger partial charge in [0.1, 0.15) is 0 Å². The second-order valence-corrected chi connectivity index (χ2v) is 4.17. The van der Waals surface area contributed by atoms with Crippen LogP contribution in [0.3, 0.4) is 0 Å². The lowest BCUT2D eigenvalue weighted by Crippen LogP contribution is -2.00. The van der Waals surface area contributed by atoms with Gasteiger partial charge in [-0.15, -0.1) is 0 Å². The van der Waals surface area contributed by atoms with Crippen LogP contribution in [-0.2, 0) is 0 Å². The first kappa shape index (κ1) is 10.9. The summed E-state index contributed by atoms with van der Waals surface area (Å²) in [6.45, 7) is 3.57. The summed E-state index contributed by atoms with van der Waals surface area (Å²) in [6.07, 6.45) is 1.87. The molecule has 6 heteroatoms. The summed E-state index contributed by atoms with van der Waals surface area (Å²) >= 11 is 1.40. The number of carboxylic acid groups (broad SMARTS) is 1. The molecule has 1 N–H and O–H groups in total. The molecule has 0 aliphatic rings. The number of aromatic carboxylic acids is 1. The fraction of sp³-hybridized carbons (Fsp3) is 0.300. The summed E-state index contributed by atoms with van der Waals surface area (Å²) in [7, 11) is 0. The van der Waals surface area contributed by atoms with Crippen LogP contribution in [-0.4, -0.2) is 31.5 Å². The number of nitrogens with zero attached hydrogens (tertiary/aromatic N) is 3. The van der Waals surface area contributed by atoms with Gasteiger partial charge in [0.05, 0.1) is 16.6 Å². The molecule has 0 radical (unpaired) electrons. The molecule has 0 aliphatic carbocycles. The van der Waals surface area contributed by atoms with Gasteiger partial charge in [-0.1, -0.05) is 0 Å². The molecule has 0 unspecified atom stereocenters. The van der Waals surface area contributed by atoms with Crippen molar-refractivity contribution in [1.29, 1.82) is 0 Å². The highest BCUT2D eigenvalue weighted by Crippen LogP contribution is 2.24. The maximum atomic E-state index is 11.1. The van der Waals surface area contributed by atoms with Crippen molar-refractivity contribution in [3.05, 3.63) is 23.0 Å². The minimum atomic E-state index is -0.945. The molecule has 0 fully saturated rings. The average molecular weight is 237 g/mol. The van der Waals surface area contributed by atoms with E-state index < -0.39 is 5.97 Å². The number of carbonyl (C=O) groups is 1. The van der Waals surface area contributed by atoms with Gasteiger partial charge in [0.2, 0.25) is 0 Å². The Balaban J connectivity index is 2.91. The zero-order chi connectivity index (χ0) is 11.9. The highest BCUT2D eigenvalue weighted by molar-refractivity contribution is 7.97. The van der Waals surface area contributed by atoms with Crippen LogP contribution in [0, 0.1) is 13.8 Å². The van der Waals surface area contributed by atoms with Gasteiger partial charge in [-0.3, -0.25) is 0 Å². The molecule has 5 nitrogen and oxygen atoms in total. The van der Waals surface area contributed by atoms with E-state index in [4.69, 9.17) is 5.11 Å². The number of hydrogen-bond donors (Lipinski definition) is 1. The van der Waals surface area contributed by atoms with E-state index in [9.17, 15) is 4.79 Å². The number of aromatic nitrogens is 3. The van der Waals surface area contributed by atoms with Gasteiger partial charge in [0, 0.05) is 11.9 Å². The van der Waals surface area contributed by atoms with Gasteiger partial charge in [0.15, 0.2) is 5.65 Å². The van der Waals surface area contributed by atoms with E-state index in [0.29, 0.717) is 22.4 Å². The Bertz CT molecular complexity index is 577. The standard InChI is InChI=1S/C10H11N3O2S/c1-5-4-7(10(14)15)8-6(2)12-13(16-3)9(8)11-5/h4H,1-3H3,(H,14,15). The third-order valence-electron chi connectivity index (χ3n) is 2.32. The zero-order valence-corrected chi connectivity index (χ0v) is 10.00. The Morgan fingerprint density at radius 2 is 2.19 bits per heavy atom. The number of fused-ring (bicyclic) bond motifs is 1. The maximum absolute atomic E-state index is 11.1. The summed E-state index contributed by atoms with van der Waals surface area (Å²) in [6, 6.07) is 1.57. The molecule has 2 rings (SSSR count). The van der Waals surface area contributed by atoms with Crippen molar-refractivity contribution >= 4 is 29.0 Å². The van der Waals surface area contributed by atoms with Crippen molar-refractivity contribution in [3.63, 3.8) is 0 Å². The van der Waals surface area contributed by atoms with E-state index in [1.807, 2.05) is 6.26 Å². The van der Waals surface area contributed by atoms with E-state index in [1.165, 1.54) is 11.9 Å². The van der Waals surface area contributed by atoms with Crippen LogP contribution in [0.2, 0.25) is 0 Å². The van der Waals surface area contributed by atoms with E-state index in [2.05, 4.69) is 10.1 Å². The van der Waals surface area contributed by atoms with Crippen LogP contribution in [0.1, 0.15) is 21.7 Å². The Hall–Kier alpha value is -1.56. The third-order valence-corrected chi connectivity index (χ3v) is 2.92. The minimum absolute atomic E-state index is 0.264. The predicted octanol–water partition coefficient (Wildman–Crippen LogP) is 1.87. The highest BCUT2D eigenvalue weighted by atomic mass is 32.2. The number of aryl methyl sites for hydroxylation is 2. The largest absolute Gasteiger partial charge is 0.478 e. The Morgan fingerprint density at radius 3 is 2.75 bits per heavy atom. The lowest BCUT2D eigenvalue weighted by molar-refractivity contribution is 0.0699. The molecule has 2 heterocycles. The van der Waals surface area contributed by atoms with Crippen LogP contribution in [0.5, 0.6) is 0 Å². The van der Waals surface area contributed by atoms with Crippen LogP contribution < -0.4 is 0 Å². The monoisotopic (exact) mass is 237 g/mol. The average Bonchev–Trinajstić information content (AvgIpc) is 2.54. The molecule has 0 aromatic carbocycles. The van der Waals surface area contributed by atoms with Gasteiger partial charge in [0.25, 0.3) is 0 Å². The van der Waals surface area contributed by atoms with E-state index in [-0.39, 0.29) is 5.56 Å². The first-order chi connectivity index (χ1) is 7.54. The van der Waals surface area contributed by atoms with Crippen molar-refractivity contribution in [1.82, 2.24) is 14.2 Å². The van der Waals surface area contributed by atoms with Gasteiger partial charge < -0.3 is 5.11 Å². The number of pyridine rings is 1. The molecule has 0 bridgehead atoms. The molecule has 0 saturated carbocycles. The first-order valence-corrected chi connectivity index (χ1v) is 5.87. The molecule has 0 spiro atoms. The minimum Gasteiger partial charge on any atom is -0.478 e. The summed E-state index contributed by atoms with van der Waals surface area (Å²) in [5.74, 6) is -0.945. The molecule has 16 heavy (non-hydrogen) atoms. The number of carboxylic acids is 1. The van der Waals surface area contributed by atoms with Crippen LogP contribution in [0.4, 0.5) is 0 Å². The normalized spacial score (nSPS) is 10.9. The van der Waals surface area contributed by atoms with Crippen molar-refractivity contribution in [2.75, 3.05) is 6.26 Å². The lowest BCUT2D eigenvalue weighted by atomic mass is 10.1. The molecule has 0 atom stereocenters. The van der Waals surface area contributed by atoms with Crippen molar-refractivity contribution in [2.45, 2.75) is 13.8 Å². The topological polar surface area (TPSA) is 68.0 Å². The SMILES string of the molecule is CSn1nc(C)c2c(C(=O)O)cc(C)nc21. The Kier molecular flexibility index (Phi) is 2.59. The smallest absolute Gasteiger partial charge is 0.336 e. The number of rotatable bonds is 2. The Morgan fingerprint density at radius 1 is 1.50 bits per heavy atom. The third kappa shape index (κ3) is 1.55. The molecule has 84 valence electrons. The summed E-state index contributed by atoms with van der Waals surface area (Å²) < 4.78 is 1.64. The van der Waals surface area contributed by atoms with Gasteiger partial charge in [-0.2, -0.15) is 9.19 Å². The molecule has 0 saturated heterocycles. The Labute approximate surface area is 96.6 Å². The van der Waals surface area contributed by atoms with Gasteiger partial charge >= 0.3 is 5.97 Å². The van der Waals surface area contributed by atoms with Crippen molar-refractivity contribution in [3.8, 4) is 0 Å². The van der Waals surface area contributed by atoms with E-state index in [0.717, 1.165) is 0 Å². The second-order valence-electron chi connectivity index (χ2n) is 3.46. The lowest BCUT2D eigenvalue weighted by Gasteiger charge is -2.01. The van der Waals surface area contributed by atoms with Gasteiger partial charge in [-0.05, 0) is 31.9 Å². The fourth-order valence-corrected chi connectivity index (χ4v) is 2.19. The molecule has 0 aliphatic heterocycles. The van der Waals surface area contributed by atoms with E-state index in [1.54, 1.807) is 24.0 Å². The quantitative estimate of drug-likeness (QED) is 0.863. The molecular weight excluding hydrogens is 226 g/mol. The maximum Gasteiger partial charge on any atom is 0.336 e. The van der Waals surface area contributed by atoms with Gasteiger partial charge in [-0.25, -0.2) is 9.78 Å². The van der Waals surface area contributed by atoms with E-state index >= 15 is 0 Å². The summed E-state index contributed by atoms with van der Waals surface area (Å²) in [5, 5.41) is 14.0. The first-order valence-electron chi connectivity index (χ1n) is 4.69. The van der Waals surface area contributed by atoms with Crippen molar-refractivity contribution in [2.24, 2.45) is 0 Å². The predicted molar refractivity (Wildman–Crippen MR) is 62.9 cm³/mol. The summed E-state index contributed by atoms with van der Waals surface area (Å²) in [4.78, 5) is 15.5. The molecule has 2 aromatic rings. The molecule has 2 aromatic heterocycles. The highest BCUT2D eigenvalue weighted by Gasteiger charge is 2.17. The molecule has 0 amide bonds. The second kappa shape index (κ2) is 3.79.